The third-order valence-corrected chi connectivity index (χ3v) is 3.69. The Balaban J connectivity index is 2.23. The van der Waals surface area contributed by atoms with Crippen molar-refractivity contribution in [1.29, 1.82) is 0 Å². The summed E-state index contributed by atoms with van der Waals surface area (Å²) in [5.74, 6) is -0.301. The lowest BCUT2D eigenvalue weighted by atomic mass is 10.0. The van der Waals surface area contributed by atoms with Gasteiger partial charge in [-0.05, 0) is 24.1 Å². The van der Waals surface area contributed by atoms with Crippen LogP contribution < -0.4 is 5.32 Å². The summed E-state index contributed by atoms with van der Waals surface area (Å²) in [5, 5.41) is 3.26. The summed E-state index contributed by atoms with van der Waals surface area (Å²) in [7, 11) is 1.55. The van der Waals surface area contributed by atoms with Crippen molar-refractivity contribution in [2.75, 3.05) is 26.7 Å². The van der Waals surface area contributed by atoms with Crippen LogP contribution in [0.1, 0.15) is 24.9 Å². The molecule has 1 amide bonds. The number of rotatable bonds is 4. The van der Waals surface area contributed by atoms with Gasteiger partial charge in [0.15, 0.2) is 0 Å². The lowest BCUT2D eigenvalue weighted by Gasteiger charge is -2.38. The van der Waals surface area contributed by atoms with Gasteiger partial charge in [-0.15, -0.1) is 0 Å². The summed E-state index contributed by atoms with van der Waals surface area (Å²) in [4.78, 5) is 14.3. The molecule has 2 unspecified atom stereocenters. The normalized spacial score (nSPS) is 20.8. The average molecular weight is 280 g/mol. The molecule has 110 valence electrons. The van der Waals surface area contributed by atoms with Gasteiger partial charge in [0.25, 0.3) is 5.91 Å². The van der Waals surface area contributed by atoms with Crippen LogP contribution in [0.3, 0.4) is 0 Å². The molecule has 5 heteroatoms. The third-order valence-electron chi connectivity index (χ3n) is 3.69. The molecule has 0 radical (unpaired) electrons. The van der Waals surface area contributed by atoms with Gasteiger partial charge in [-0.25, -0.2) is 4.39 Å². The molecular weight excluding hydrogens is 259 g/mol. The predicted octanol–water partition coefficient (Wildman–Crippen LogP) is 1.72. The van der Waals surface area contributed by atoms with E-state index in [0.29, 0.717) is 19.5 Å². The number of nitrogens with one attached hydrogen (secondary N) is 1. The van der Waals surface area contributed by atoms with Gasteiger partial charge in [-0.3, -0.25) is 4.79 Å². The van der Waals surface area contributed by atoms with E-state index in [1.54, 1.807) is 18.1 Å². The lowest BCUT2D eigenvalue weighted by Crippen LogP contribution is -2.51. The summed E-state index contributed by atoms with van der Waals surface area (Å²) < 4.78 is 18.6. The molecule has 2 rings (SSSR count). The van der Waals surface area contributed by atoms with Gasteiger partial charge in [0.2, 0.25) is 0 Å². The minimum absolute atomic E-state index is 0.0224. The minimum atomic E-state index is -0.427. The monoisotopic (exact) mass is 280 g/mol. The zero-order valence-electron chi connectivity index (χ0n) is 11.9. The Morgan fingerprint density at radius 3 is 3.05 bits per heavy atom. The Labute approximate surface area is 118 Å². The number of piperazine rings is 1. The molecule has 1 N–H and O–H groups in total. The number of hydrogen-bond donors (Lipinski definition) is 1. The Bertz CT molecular complexity index is 463. The molecule has 1 aliphatic rings. The third kappa shape index (κ3) is 3.16. The van der Waals surface area contributed by atoms with E-state index >= 15 is 0 Å². The van der Waals surface area contributed by atoms with Crippen LogP contribution in [0.15, 0.2) is 24.3 Å². The number of carbonyl (C=O) groups is 1. The molecule has 2 atom stereocenters. The molecule has 0 bridgehead atoms. The maximum atomic E-state index is 13.4. The zero-order chi connectivity index (χ0) is 14.5. The van der Waals surface area contributed by atoms with E-state index in [4.69, 9.17) is 4.74 Å². The largest absolute Gasteiger partial charge is 0.372 e. The summed E-state index contributed by atoms with van der Waals surface area (Å²) in [5.41, 5.74) is 0.816. The van der Waals surface area contributed by atoms with E-state index in [1.807, 2.05) is 13.0 Å². The maximum absolute atomic E-state index is 13.4. The van der Waals surface area contributed by atoms with Crippen LogP contribution in [0, 0.1) is 5.82 Å². The van der Waals surface area contributed by atoms with Gasteiger partial charge in [0.1, 0.15) is 11.9 Å². The molecule has 0 saturated carbocycles. The average Bonchev–Trinajstić information content (AvgIpc) is 2.48. The molecule has 0 aliphatic carbocycles. The predicted molar refractivity (Wildman–Crippen MR) is 74.8 cm³/mol. The Hall–Kier alpha value is -1.46. The molecule has 4 nitrogen and oxygen atoms in total. The molecule has 1 aromatic rings. The van der Waals surface area contributed by atoms with Gasteiger partial charge >= 0.3 is 0 Å². The summed E-state index contributed by atoms with van der Waals surface area (Å²) in [6.45, 7) is 3.92. The van der Waals surface area contributed by atoms with E-state index in [1.165, 1.54) is 12.1 Å². The minimum Gasteiger partial charge on any atom is -0.372 e. The number of nitrogens with zero attached hydrogens (tertiary/aromatic N) is 1. The highest BCUT2D eigenvalue weighted by Gasteiger charge is 2.31. The second kappa shape index (κ2) is 6.81. The van der Waals surface area contributed by atoms with Crippen LogP contribution in [-0.4, -0.2) is 43.7 Å². The van der Waals surface area contributed by atoms with E-state index in [2.05, 4.69) is 5.32 Å². The SMILES string of the molecule is CCC(OC)C(=O)N1CCNCC1c1cccc(F)c1. The van der Waals surface area contributed by atoms with Crippen molar-refractivity contribution in [2.24, 2.45) is 0 Å². The molecular formula is C15H21FN2O2. The second-order valence-electron chi connectivity index (χ2n) is 4.94. The number of amides is 1. The van der Waals surface area contributed by atoms with Gasteiger partial charge in [0, 0.05) is 26.7 Å². The van der Waals surface area contributed by atoms with Crippen LogP contribution >= 0.6 is 0 Å². The molecule has 1 saturated heterocycles. The molecule has 1 fully saturated rings. The van der Waals surface area contributed by atoms with Crippen LogP contribution in [0.25, 0.3) is 0 Å². The molecule has 1 heterocycles. The van der Waals surface area contributed by atoms with Crippen LogP contribution in [0.5, 0.6) is 0 Å². The summed E-state index contributed by atoms with van der Waals surface area (Å²) in [6.07, 6.45) is 0.207. The molecule has 20 heavy (non-hydrogen) atoms. The number of carbonyl (C=O) groups excluding carboxylic acids is 1. The molecule has 1 aliphatic heterocycles. The van der Waals surface area contributed by atoms with Crippen LogP contribution in [-0.2, 0) is 9.53 Å². The number of halogens is 1. The Kier molecular flexibility index (Phi) is 5.09. The highest BCUT2D eigenvalue weighted by molar-refractivity contribution is 5.81. The highest BCUT2D eigenvalue weighted by atomic mass is 19.1. The van der Waals surface area contributed by atoms with Gasteiger partial charge in [-0.2, -0.15) is 0 Å². The smallest absolute Gasteiger partial charge is 0.252 e. The van der Waals surface area contributed by atoms with Crippen LogP contribution in [0.4, 0.5) is 4.39 Å². The van der Waals surface area contributed by atoms with E-state index in [9.17, 15) is 9.18 Å². The van der Waals surface area contributed by atoms with Crippen molar-refractivity contribution in [1.82, 2.24) is 10.2 Å². The number of methoxy groups -OCH3 is 1. The Morgan fingerprint density at radius 1 is 1.60 bits per heavy atom. The van der Waals surface area contributed by atoms with Crippen molar-refractivity contribution in [3.63, 3.8) is 0 Å². The Morgan fingerprint density at radius 2 is 2.40 bits per heavy atom. The molecule has 0 aromatic heterocycles. The van der Waals surface area contributed by atoms with Crippen molar-refractivity contribution in [3.8, 4) is 0 Å². The summed E-state index contributed by atoms with van der Waals surface area (Å²) in [6, 6.07) is 6.29. The van der Waals surface area contributed by atoms with Crippen LogP contribution in [0.2, 0.25) is 0 Å². The topological polar surface area (TPSA) is 41.6 Å². The second-order valence-corrected chi connectivity index (χ2v) is 4.94. The first kappa shape index (κ1) is 14.9. The number of ether oxygens (including phenoxy) is 1. The van der Waals surface area contributed by atoms with E-state index < -0.39 is 6.10 Å². The highest BCUT2D eigenvalue weighted by Crippen LogP contribution is 2.24. The number of benzene rings is 1. The van der Waals surface area contributed by atoms with Gasteiger partial charge in [-0.1, -0.05) is 19.1 Å². The van der Waals surface area contributed by atoms with E-state index in [-0.39, 0.29) is 17.8 Å². The molecule has 1 aromatic carbocycles. The fourth-order valence-electron chi connectivity index (χ4n) is 2.61. The van der Waals surface area contributed by atoms with Crippen molar-refractivity contribution >= 4 is 5.91 Å². The summed E-state index contributed by atoms with van der Waals surface area (Å²) >= 11 is 0. The first-order valence-electron chi connectivity index (χ1n) is 6.96. The number of hydrogen-bond acceptors (Lipinski definition) is 3. The van der Waals surface area contributed by atoms with Gasteiger partial charge in [0.05, 0.1) is 6.04 Å². The quantitative estimate of drug-likeness (QED) is 0.913. The fourth-order valence-corrected chi connectivity index (χ4v) is 2.61. The molecule has 0 spiro atoms. The van der Waals surface area contributed by atoms with Crippen molar-refractivity contribution < 1.29 is 13.9 Å². The first-order chi connectivity index (χ1) is 9.67. The first-order valence-corrected chi connectivity index (χ1v) is 6.96. The van der Waals surface area contributed by atoms with Gasteiger partial charge < -0.3 is 15.0 Å². The fraction of sp³-hybridized carbons (Fsp3) is 0.533. The lowest BCUT2D eigenvalue weighted by molar-refractivity contribution is -0.145. The van der Waals surface area contributed by atoms with Crippen molar-refractivity contribution in [3.05, 3.63) is 35.6 Å². The van der Waals surface area contributed by atoms with E-state index in [0.717, 1.165) is 12.1 Å². The standard InChI is InChI=1S/C15H21FN2O2/c1-3-14(20-2)15(19)18-8-7-17-10-13(18)11-5-4-6-12(16)9-11/h4-6,9,13-14,17H,3,7-8,10H2,1-2H3. The maximum Gasteiger partial charge on any atom is 0.252 e. The zero-order valence-corrected chi connectivity index (χ0v) is 11.9. The van der Waals surface area contributed by atoms with Crippen molar-refractivity contribution in [2.45, 2.75) is 25.5 Å².